The summed E-state index contributed by atoms with van der Waals surface area (Å²) in [7, 11) is 0. The van der Waals surface area contributed by atoms with Gasteiger partial charge in [0.25, 0.3) is 0 Å². The van der Waals surface area contributed by atoms with Crippen LogP contribution in [0.25, 0.3) is 0 Å². The largest absolute Gasteiger partial charge is 0.381 e. The molecule has 95 valence electrons. The van der Waals surface area contributed by atoms with Crippen molar-refractivity contribution in [1.29, 1.82) is 0 Å². The van der Waals surface area contributed by atoms with Gasteiger partial charge in [0.2, 0.25) is 0 Å². The van der Waals surface area contributed by atoms with Gasteiger partial charge in [0.1, 0.15) is 0 Å². The molecule has 0 bridgehead atoms. The van der Waals surface area contributed by atoms with Crippen LogP contribution in [0.4, 0.5) is 0 Å². The van der Waals surface area contributed by atoms with Crippen molar-refractivity contribution in [2.24, 2.45) is 0 Å². The van der Waals surface area contributed by atoms with Crippen molar-refractivity contribution < 1.29 is 4.74 Å². The summed E-state index contributed by atoms with van der Waals surface area (Å²) in [5.74, 6) is 0. The Bertz CT molecular complexity index is 144. The molecule has 0 N–H and O–H groups in total. The molecule has 0 aliphatic carbocycles. The van der Waals surface area contributed by atoms with E-state index in [9.17, 15) is 0 Å². The number of hydrogen-bond acceptors (Lipinski definition) is 1. The lowest BCUT2D eigenvalue weighted by Crippen LogP contribution is -2.13. The Morgan fingerprint density at radius 3 is 2.56 bits per heavy atom. The minimum atomic E-state index is 0.700. The molecular formula is C14H28NO. The Morgan fingerprint density at radius 1 is 1.06 bits per heavy atom. The van der Waals surface area contributed by atoms with Gasteiger partial charge in [-0.1, -0.05) is 32.6 Å². The second-order valence-corrected chi connectivity index (χ2v) is 4.87. The predicted octanol–water partition coefficient (Wildman–Crippen LogP) is 3.52. The van der Waals surface area contributed by atoms with Crippen LogP contribution in [-0.4, -0.2) is 25.8 Å². The summed E-state index contributed by atoms with van der Waals surface area (Å²) in [6.45, 7) is 5.27. The van der Waals surface area contributed by atoms with Crippen LogP contribution in [-0.2, 0) is 4.74 Å². The normalized spacial score (nSPS) is 20.4. The van der Waals surface area contributed by atoms with Gasteiger partial charge < -0.3 is 4.74 Å². The van der Waals surface area contributed by atoms with E-state index in [1.807, 2.05) is 0 Å². The Hall–Kier alpha value is -0.0800. The van der Waals surface area contributed by atoms with Crippen LogP contribution in [0.5, 0.6) is 0 Å². The van der Waals surface area contributed by atoms with E-state index in [1.54, 1.807) is 0 Å². The highest BCUT2D eigenvalue weighted by Crippen LogP contribution is 2.14. The first kappa shape index (κ1) is 14.0. The number of rotatable bonds is 10. The summed E-state index contributed by atoms with van der Waals surface area (Å²) >= 11 is 0. The maximum absolute atomic E-state index is 5.58. The van der Waals surface area contributed by atoms with Gasteiger partial charge in [0, 0.05) is 25.8 Å². The maximum Gasteiger partial charge on any atom is 0.0466 e. The van der Waals surface area contributed by atoms with E-state index in [-0.39, 0.29) is 0 Å². The highest BCUT2D eigenvalue weighted by Gasteiger charge is 2.14. The van der Waals surface area contributed by atoms with Gasteiger partial charge >= 0.3 is 0 Å². The van der Waals surface area contributed by atoms with E-state index in [0.717, 1.165) is 19.8 Å². The van der Waals surface area contributed by atoms with E-state index in [4.69, 9.17) is 4.74 Å². The minimum Gasteiger partial charge on any atom is -0.381 e. The van der Waals surface area contributed by atoms with Crippen LogP contribution in [0.15, 0.2) is 0 Å². The summed E-state index contributed by atoms with van der Waals surface area (Å²) in [6.07, 6.45) is 11.7. The first-order valence-corrected chi connectivity index (χ1v) is 7.18. The summed E-state index contributed by atoms with van der Waals surface area (Å²) in [4.78, 5) is 0. The molecule has 1 aliphatic rings. The molecule has 2 nitrogen and oxygen atoms in total. The summed E-state index contributed by atoms with van der Waals surface area (Å²) in [6, 6.07) is 0.700. The molecule has 0 aromatic heterocycles. The van der Waals surface area contributed by atoms with Gasteiger partial charge in [-0.15, -0.1) is 0 Å². The second-order valence-electron chi connectivity index (χ2n) is 4.87. The monoisotopic (exact) mass is 226 g/mol. The molecular weight excluding hydrogens is 198 g/mol. The third-order valence-electron chi connectivity index (χ3n) is 3.30. The van der Waals surface area contributed by atoms with E-state index in [1.165, 1.54) is 57.8 Å². The first-order valence-electron chi connectivity index (χ1n) is 7.18. The van der Waals surface area contributed by atoms with Crippen LogP contribution in [0.3, 0.4) is 0 Å². The van der Waals surface area contributed by atoms with Crippen LogP contribution < -0.4 is 5.32 Å². The van der Waals surface area contributed by atoms with Crippen molar-refractivity contribution in [2.75, 3.05) is 19.8 Å². The lowest BCUT2D eigenvalue weighted by Gasteiger charge is -2.08. The molecule has 1 saturated heterocycles. The molecule has 0 amide bonds. The van der Waals surface area contributed by atoms with Gasteiger partial charge in [0.05, 0.1) is 0 Å². The van der Waals surface area contributed by atoms with Gasteiger partial charge in [-0.3, -0.25) is 0 Å². The van der Waals surface area contributed by atoms with Gasteiger partial charge in [-0.25, -0.2) is 5.32 Å². The molecule has 16 heavy (non-hydrogen) atoms. The molecule has 1 fully saturated rings. The molecule has 0 aromatic carbocycles. The van der Waals surface area contributed by atoms with E-state index in [0.29, 0.717) is 6.04 Å². The fourth-order valence-corrected chi connectivity index (χ4v) is 2.24. The Morgan fingerprint density at radius 2 is 1.88 bits per heavy atom. The molecule has 2 heteroatoms. The molecule has 1 heterocycles. The topological polar surface area (TPSA) is 23.3 Å². The fourth-order valence-electron chi connectivity index (χ4n) is 2.24. The van der Waals surface area contributed by atoms with E-state index >= 15 is 0 Å². The zero-order valence-corrected chi connectivity index (χ0v) is 10.9. The quantitative estimate of drug-likeness (QED) is 0.523. The van der Waals surface area contributed by atoms with Crippen molar-refractivity contribution in [3.63, 3.8) is 0 Å². The van der Waals surface area contributed by atoms with Crippen molar-refractivity contribution in [3.8, 4) is 0 Å². The lowest BCUT2D eigenvalue weighted by atomic mass is 10.1. The van der Waals surface area contributed by atoms with Crippen LogP contribution >= 0.6 is 0 Å². The van der Waals surface area contributed by atoms with Crippen LogP contribution in [0, 0.1) is 0 Å². The SMILES string of the molecule is CCCCCOCCCCCC1CCC[N]1. The standard InChI is InChI=1S/C14H28NO/c1-2-3-6-12-16-13-7-4-5-9-14-10-8-11-15-14/h14H,2-13H2,1H3. The molecule has 0 saturated carbocycles. The average molecular weight is 226 g/mol. The zero-order chi connectivity index (χ0) is 11.5. The van der Waals surface area contributed by atoms with Gasteiger partial charge in [0.15, 0.2) is 0 Å². The van der Waals surface area contributed by atoms with Crippen LogP contribution in [0.1, 0.15) is 64.7 Å². The first-order chi connectivity index (χ1) is 7.93. The van der Waals surface area contributed by atoms with Gasteiger partial charge in [-0.2, -0.15) is 0 Å². The Kier molecular flexibility index (Phi) is 8.83. The number of ether oxygens (including phenoxy) is 1. The molecule has 1 unspecified atom stereocenters. The minimum absolute atomic E-state index is 0.700. The van der Waals surface area contributed by atoms with Gasteiger partial charge in [-0.05, 0) is 32.1 Å². The lowest BCUT2D eigenvalue weighted by molar-refractivity contribution is 0.126. The third kappa shape index (κ3) is 7.24. The predicted molar refractivity (Wildman–Crippen MR) is 68.8 cm³/mol. The Labute approximate surface area is 101 Å². The maximum atomic E-state index is 5.58. The van der Waals surface area contributed by atoms with E-state index in [2.05, 4.69) is 12.2 Å². The van der Waals surface area contributed by atoms with E-state index < -0.39 is 0 Å². The third-order valence-corrected chi connectivity index (χ3v) is 3.30. The second kappa shape index (κ2) is 10.1. The summed E-state index contributed by atoms with van der Waals surface area (Å²) in [5, 5.41) is 4.57. The zero-order valence-electron chi connectivity index (χ0n) is 10.9. The summed E-state index contributed by atoms with van der Waals surface area (Å²) in [5.41, 5.74) is 0. The highest BCUT2D eigenvalue weighted by atomic mass is 16.5. The fraction of sp³-hybridized carbons (Fsp3) is 1.00. The molecule has 1 radical (unpaired) electrons. The molecule has 1 atom stereocenters. The number of hydrogen-bond donors (Lipinski definition) is 0. The smallest absolute Gasteiger partial charge is 0.0466 e. The summed E-state index contributed by atoms with van der Waals surface area (Å²) < 4.78 is 5.58. The Balaban J connectivity index is 1.71. The number of unbranched alkanes of at least 4 members (excludes halogenated alkanes) is 4. The van der Waals surface area contributed by atoms with Crippen molar-refractivity contribution in [3.05, 3.63) is 0 Å². The molecule has 1 aliphatic heterocycles. The van der Waals surface area contributed by atoms with Crippen molar-refractivity contribution >= 4 is 0 Å². The highest BCUT2D eigenvalue weighted by molar-refractivity contribution is 4.73. The molecule has 0 spiro atoms. The van der Waals surface area contributed by atoms with Crippen molar-refractivity contribution in [1.82, 2.24) is 5.32 Å². The molecule has 0 aromatic rings. The van der Waals surface area contributed by atoms with Crippen LogP contribution in [0.2, 0.25) is 0 Å². The average Bonchev–Trinajstić information content (AvgIpc) is 2.80. The van der Waals surface area contributed by atoms with Crippen molar-refractivity contribution in [2.45, 2.75) is 70.8 Å². The molecule has 1 rings (SSSR count). The number of nitrogens with zero attached hydrogens (tertiary/aromatic N) is 1.